The fourth-order valence-corrected chi connectivity index (χ4v) is 4.34. The highest BCUT2D eigenvalue weighted by atomic mass is 79.9. The third-order valence-corrected chi connectivity index (χ3v) is 6.16. The summed E-state index contributed by atoms with van der Waals surface area (Å²) in [7, 11) is 0. The van der Waals surface area contributed by atoms with E-state index in [1.807, 2.05) is 73.3 Å². The summed E-state index contributed by atoms with van der Waals surface area (Å²) in [6.45, 7) is 9.85. The van der Waals surface area contributed by atoms with Gasteiger partial charge in [-0.1, -0.05) is 54.6 Å². The van der Waals surface area contributed by atoms with Crippen LogP contribution in [0.4, 0.5) is 0 Å². The molecule has 4 heteroatoms. The number of benzene rings is 3. The lowest BCUT2D eigenvalue weighted by atomic mass is 10.0. The highest BCUT2D eigenvalue weighted by Crippen LogP contribution is 2.37. The maximum atomic E-state index is 12.5. The smallest absolute Gasteiger partial charge is 0.220 e. The number of rotatable bonds is 6. The molecule has 0 N–H and O–H groups in total. The van der Waals surface area contributed by atoms with Gasteiger partial charge in [-0.15, -0.1) is 0 Å². The monoisotopic (exact) mass is 465 g/mol. The highest BCUT2D eigenvalue weighted by molar-refractivity contribution is 9.10. The molecule has 156 valence electrons. The Kier molecular flexibility index (Phi) is 6.99. The number of hydrogen-bond donors (Lipinski definition) is 0. The Morgan fingerprint density at radius 3 is 2.03 bits per heavy atom. The van der Waals surface area contributed by atoms with Gasteiger partial charge in [0.15, 0.2) is 0 Å². The molecule has 3 aromatic carbocycles. The van der Waals surface area contributed by atoms with Gasteiger partial charge in [-0.2, -0.15) is 0 Å². The van der Waals surface area contributed by atoms with E-state index in [4.69, 9.17) is 4.74 Å². The van der Waals surface area contributed by atoms with Gasteiger partial charge in [-0.05, 0) is 78.0 Å². The molecule has 0 aliphatic heterocycles. The van der Waals surface area contributed by atoms with Gasteiger partial charge < -0.3 is 9.64 Å². The predicted octanol–water partition coefficient (Wildman–Crippen LogP) is 7.53. The molecule has 2 atom stereocenters. The summed E-state index contributed by atoms with van der Waals surface area (Å²) in [6, 6.07) is 22.2. The van der Waals surface area contributed by atoms with E-state index in [9.17, 15) is 4.79 Å². The third-order valence-electron chi connectivity index (χ3n) is 5.54. The van der Waals surface area contributed by atoms with Crippen LogP contribution in [0.25, 0.3) is 0 Å². The lowest BCUT2D eigenvalue weighted by molar-refractivity contribution is -0.133. The number of aryl methyl sites for hydroxylation is 2. The Hall–Kier alpha value is -2.59. The Labute approximate surface area is 187 Å². The van der Waals surface area contributed by atoms with E-state index in [2.05, 4.69) is 41.9 Å². The summed E-state index contributed by atoms with van der Waals surface area (Å²) in [5.74, 6) is 1.68. The van der Waals surface area contributed by atoms with Gasteiger partial charge >= 0.3 is 0 Å². The van der Waals surface area contributed by atoms with Crippen LogP contribution in [0.15, 0.2) is 71.2 Å². The number of hydrogen-bond acceptors (Lipinski definition) is 2. The van der Waals surface area contributed by atoms with Crippen LogP contribution in [0.5, 0.6) is 11.5 Å². The van der Waals surface area contributed by atoms with Crippen LogP contribution in [0.3, 0.4) is 0 Å². The van der Waals surface area contributed by atoms with Crippen molar-refractivity contribution < 1.29 is 9.53 Å². The Balaban J connectivity index is 1.88. The van der Waals surface area contributed by atoms with Crippen molar-refractivity contribution in [1.82, 2.24) is 4.90 Å². The molecule has 0 aliphatic rings. The minimum absolute atomic E-state index is 0.0250. The summed E-state index contributed by atoms with van der Waals surface area (Å²) in [4.78, 5) is 14.5. The first-order valence-electron chi connectivity index (χ1n) is 10.2. The molecule has 0 aromatic heterocycles. The maximum absolute atomic E-state index is 12.5. The quantitative estimate of drug-likeness (QED) is 0.376. The molecular formula is C26H28BrNO2. The van der Waals surface area contributed by atoms with E-state index >= 15 is 0 Å². The van der Waals surface area contributed by atoms with Crippen molar-refractivity contribution in [3.8, 4) is 11.5 Å². The van der Waals surface area contributed by atoms with Gasteiger partial charge in [-0.25, -0.2) is 0 Å². The molecule has 0 saturated carbocycles. The van der Waals surface area contributed by atoms with Gasteiger partial charge in [0.05, 0.1) is 16.6 Å². The number of ether oxygens (including phenoxy) is 1. The van der Waals surface area contributed by atoms with Crippen LogP contribution in [-0.2, 0) is 4.79 Å². The van der Waals surface area contributed by atoms with Crippen LogP contribution in [0.1, 0.15) is 55.1 Å². The van der Waals surface area contributed by atoms with Gasteiger partial charge in [0, 0.05) is 6.92 Å². The lowest BCUT2D eigenvalue weighted by Gasteiger charge is -2.34. The van der Waals surface area contributed by atoms with Gasteiger partial charge in [0.1, 0.15) is 11.5 Å². The fraction of sp³-hybridized carbons (Fsp3) is 0.269. The van der Waals surface area contributed by atoms with E-state index in [0.29, 0.717) is 0 Å². The van der Waals surface area contributed by atoms with Gasteiger partial charge in [0.25, 0.3) is 0 Å². The van der Waals surface area contributed by atoms with Crippen molar-refractivity contribution in [2.45, 2.75) is 46.7 Å². The number of carbonyl (C=O) groups is 1. The Morgan fingerprint density at radius 1 is 0.867 bits per heavy atom. The number of halogens is 1. The molecule has 30 heavy (non-hydrogen) atoms. The zero-order valence-electron chi connectivity index (χ0n) is 18.1. The number of para-hydroxylation sites is 1. The second kappa shape index (κ2) is 9.48. The zero-order valence-corrected chi connectivity index (χ0v) is 19.7. The molecule has 0 fully saturated rings. The highest BCUT2D eigenvalue weighted by Gasteiger charge is 2.25. The minimum atomic E-state index is -0.0803. The van der Waals surface area contributed by atoms with E-state index in [1.54, 1.807) is 6.92 Å². The molecule has 0 heterocycles. The first-order valence-corrected chi connectivity index (χ1v) is 11.0. The van der Waals surface area contributed by atoms with Crippen LogP contribution in [0, 0.1) is 13.8 Å². The molecule has 3 aromatic rings. The van der Waals surface area contributed by atoms with Crippen molar-refractivity contribution in [2.24, 2.45) is 0 Å². The molecule has 0 unspecified atom stereocenters. The molecule has 1 amide bonds. The number of nitrogens with zero attached hydrogens (tertiary/aromatic N) is 1. The molecule has 3 rings (SSSR count). The fourth-order valence-electron chi connectivity index (χ4n) is 3.86. The summed E-state index contributed by atoms with van der Waals surface area (Å²) < 4.78 is 7.07. The van der Waals surface area contributed by atoms with E-state index in [-0.39, 0.29) is 18.0 Å². The average Bonchev–Trinajstić information content (AvgIpc) is 2.72. The molecule has 0 spiro atoms. The molecule has 3 nitrogen and oxygen atoms in total. The summed E-state index contributed by atoms with van der Waals surface area (Å²) in [6.07, 6.45) is 0. The van der Waals surface area contributed by atoms with Crippen molar-refractivity contribution in [2.75, 3.05) is 0 Å². The van der Waals surface area contributed by atoms with E-state index in [0.717, 1.165) is 38.2 Å². The topological polar surface area (TPSA) is 29.5 Å². The van der Waals surface area contributed by atoms with Crippen molar-refractivity contribution in [3.63, 3.8) is 0 Å². The first-order chi connectivity index (χ1) is 14.3. The van der Waals surface area contributed by atoms with E-state index < -0.39 is 0 Å². The van der Waals surface area contributed by atoms with Crippen LogP contribution >= 0.6 is 15.9 Å². The van der Waals surface area contributed by atoms with Gasteiger partial charge in [-0.3, -0.25) is 4.79 Å². The maximum Gasteiger partial charge on any atom is 0.220 e. The number of amides is 1. The third kappa shape index (κ3) is 4.76. The van der Waals surface area contributed by atoms with Crippen molar-refractivity contribution in [1.29, 1.82) is 0 Å². The minimum Gasteiger partial charge on any atom is -0.456 e. The summed E-state index contributed by atoms with van der Waals surface area (Å²) in [5, 5.41) is 0. The standard InChI is InChI=1S/C26H28BrNO2/c1-17-10-9-11-18(2)26(17)30-25-15-14-23(16-24(25)27)20(4)28(21(5)29)19(3)22-12-7-6-8-13-22/h6-16,19-20H,1-5H3/t19-,20+/m0/s1. The lowest BCUT2D eigenvalue weighted by Crippen LogP contribution is -2.34. The van der Waals surface area contributed by atoms with E-state index in [1.165, 1.54) is 0 Å². The summed E-state index contributed by atoms with van der Waals surface area (Å²) >= 11 is 3.66. The first kappa shape index (κ1) is 22.1. The normalized spacial score (nSPS) is 12.9. The predicted molar refractivity (Wildman–Crippen MR) is 126 cm³/mol. The van der Waals surface area contributed by atoms with Crippen LogP contribution < -0.4 is 4.74 Å². The van der Waals surface area contributed by atoms with Crippen molar-refractivity contribution in [3.05, 3.63) is 93.5 Å². The summed E-state index contributed by atoms with van der Waals surface area (Å²) in [5.41, 5.74) is 4.36. The average molecular weight is 466 g/mol. The Morgan fingerprint density at radius 2 is 1.47 bits per heavy atom. The second-order valence-electron chi connectivity index (χ2n) is 7.70. The molecular weight excluding hydrogens is 438 g/mol. The largest absolute Gasteiger partial charge is 0.456 e. The van der Waals surface area contributed by atoms with Crippen molar-refractivity contribution >= 4 is 21.8 Å². The van der Waals surface area contributed by atoms with Gasteiger partial charge in [0.2, 0.25) is 5.91 Å². The van der Waals surface area contributed by atoms with Crippen LogP contribution in [-0.4, -0.2) is 10.8 Å². The second-order valence-corrected chi connectivity index (χ2v) is 8.56. The zero-order chi connectivity index (χ0) is 21.8. The SMILES string of the molecule is CC(=O)N([C@H](C)c1ccc(Oc2c(C)cccc2C)c(Br)c1)[C@@H](C)c1ccccc1. The number of carbonyl (C=O) groups excluding carboxylic acids is 1. The molecule has 0 radical (unpaired) electrons. The van der Waals surface area contributed by atoms with Crippen LogP contribution in [0.2, 0.25) is 0 Å². The molecule has 0 aliphatic carbocycles. The molecule has 0 bridgehead atoms. The molecule has 0 saturated heterocycles. The Bertz CT molecular complexity index is 1010.